The van der Waals surface area contributed by atoms with Crippen LogP contribution in [-0.2, 0) is 0 Å². The first-order chi connectivity index (χ1) is 10.0. The minimum atomic E-state index is 0.409. The maximum Gasteiger partial charge on any atom is 0.119 e. The third-order valence-corrected chi connectivity index (χ3v) is 4.76. The smallest absolute Gasteiger partial charge is 0.119 e. The minimum Gasteiger partial charge on any atom is -0.492 e. The van der Waals surface area contributed by atoms with Crippen molar-refractivity contribution in [3.05, 3.63) is 29.8 Å². The van der Waals surface area contributed by atoms with Crippen LogP contribution in [0.1, 0.15) is 52.0 Å². The minimum absolute atomic E-state index is 0.409. The lowest BCUT2D eigenvalue weighted by atomic mass is 9.79. The summed E-state index contributed by atoms with van der Waals surface area (Å²) >= 11 is 0. The van der Waals surface area contributed by atoms with Crippen molar-refractivity contribution in [2.45, 2.75) is 65.5 Å². The zero-order valence-electron chi connectivity index (χ0n) is 14.1. The average Bonchev–Trinajstić information content (AvgIpc) is 2.47. The van der Waals surface area contributed by atoms with E-state index in [1.165, 1.54) is 31.2 Å². The summed E-state index contributed by atoms with van der Waals surface area (Å²) in [5, 5.41) is 3.73. The van der Waals surface area contributed by atoms with Gasteiger partial charge in [0, 0.05) is 12.1 Å². The molecule has 2 heteroatoms. The Hall–Kier alpha value is -1.02. The summed E-state index contributed by atoms with van der Waals surface area (Å²) in [4.78, 5) is 0. The molecule has 0 amide bonds. The molecule has 21 heavy (non-hydrogen) atoms. The first-order valence-corrected chi connectivity index (χ1v) is 8.50. The van der Waals surface area contributed by atoms with Gasteiger partial charge in [0.1, 0.15) is 12.4 Å². The molecule has 1 aliphatic rings. The molecule has 1 atom stereocenters. The van der Waals surface area contributed by atoms with Gasteiger partial charge in [0.05, 0.1) is 0 Å². The Labute approximate surface area is 130 Å². The molecule has 0 spiro atoms. The van der Waals surface area contributed by atoms with E-state index in [2.05, 4.69) is 57.3 Å². The fourth-order valence-electron chi connectivity index (χ4n) is 3.26. The van der Waals surface area contributed by atoms with Crippen molar-refractivity contribution in [1.82, 2.24) is 5.32 Å². The Balaban J connectivity index is 1.68. The van der Waals surface area contributed by atoms with Crippen molar-refractivity contribution in [3.63, 3.8) is 0 Å². The van der Waals surface area contributed by atoms with E-state index in [0.29, 0.717) is 12.1 Å². The fraction of sp³-hybridized carbons (Fsp3) is 0.684. The Morgan fingerprint density at radius 3 is 2.24 bits per heavy atom. The summed E-state index contributed by atoms with van der Waals surface area (Å²) in [6, 6.07) is 9.39. The van der Waals surface area contributed by atoms with Crippen molar-refractivity contribution in [3.8, 4) is 5.75 Å². The van der Waals surface area contributed by atoms with E-state index in [1.807, 2.05) is 0 Å². The van der Waals surface area contributed by atoms with E-state index in [9.17, 15) is 0 Å². The SMILES string of the molecule is Cc1ccc(OCC(C)NC2CCC(C(C)C)CC2)cc1. The fourth-order valence-corrected chi connectivity index (χ4v) is 3.26. The van der Waals surface area contributed by atoms with Crippen molar-refractivity contribution in [2.24, 2.45) is 11.8 Å². The summed E-state index contributed by atoms with van der Waals surface area (Å²) in [5.74, 6) is 2.74. The molecule has 1 N–H and O–H groups in total. The van der Waals surface area contributed by atoms with Gasteiger partial charge in [-0.2, -0.15) is 0 Å². The normalized spacial score (nSPS) is 24.0. The third-order valence-electron chi connectivity index (χ3n) is 4.76. The predicted molar refractivity (Wildman–Crippen MR) is 89.9 cm³/mol. The Bertz CT molecular complexity index is 404. The van der Waals surface area contributed by atoms with Gasteiger partial charge in [0.15, 0.2) is 0 Å². The van der Waals surface area contributed by atoms with E-state index in [0.717, 1.165) is 24.2 Å². The first kappa shape index (κ1) is 16.4. The highest BCUT2D eigenvalue weighted by molar-refractivity contribution is 5.26. The van der Waals surface area contributed by atoms with E-state index in [-0.39, 0.29) is 0 Å². The molecule has 0 aromatic heterocycles. The number of nitrogens with one attached hydrogen (secondary N) is 1. The summed E-state index contributed by atoms with van der Waals surface area (Å²) in [5.41, 5.74) is 1.27. The number of hydrogen-bond donors (Lipinski definition) is 1. The third kappa shape index (κ3) is 5.35. The van der Waals surface area contributed by atoms with Crippen LogP contribution >= 0.6 is 0 Å². The van der Waals surface area contributed by atoms with Gasteiger partial charge in [-0.15, -0.1) is 0 Å². The second-order valence-electron chi connectivity index (χ2n) is 7.05. The van der Waals surface area contributed by atoms with Gasteiger partial charge in [-0.1, -0.05) is 31.5 Å². The van der Waals surface area contributed by atoms with Crippen LogP contribution in [0.15, 0.2) is 24.3 Å². The van der Waals surface area contributed by atoms with Gasteiger partial charge in [-0.25, -0.2) is 0 Å². The Morgan fingerprint density at radius 1 is 1.05 bits per heavy atom. The molecular weight excluding hydrogens is 258 g/mol. The molecule has 2 rings (SSSR count). The molecule has 1 fully saturated rings. The molecule has 0 saturated heterocycles. The van der Waals surface area contributed by atoms with Crippen LogP contribution in [0.5, 0.6) is 5.75 Å². The lowest BCUT2D eigenvalue weighted by Gasteiger charge is -2.33. The topological polar surface area (TPSA) is 21.3 Å². The molecule has 1 aliphatic carbocycles. The lowest BCUT2D eigenvalue weighted by Crippen LogP contribution is -2.42. The van der Waals surface area contributed by atoms with Crippen LogP contribution < -0.4 is 10.1 Å². The second kappa shape index (κ2) is 7.84. The maximum atomic E-state index is 5.86. The van der Waals surface area contributed by atoms with Crippen molar-refractivity contribution in [1.29, 1.82) is 0 Å². The molecule has 1 unspecified atom stereocenters. The Morgan fingerprint density at radius 2 is 1.67 bits per heavy atom. The number of hydrogen-bond acceptors (Lipinski definition) is 2. The monoisotopic (exact) mass is 289 g/mol. The highest BCUT2D eigenvalue weighted by atomic mass is 16.5. The predicted octanol–water partition coefficient (Wildman–Crippen LogP) is 4.57. The van der Waals surface area contributed by atoms with Gasteiger partial charge in [-0.05, 0) is 63.5 Å². The van der Waals surface area contributed by atoms with Crippen molar-refractivity contribution < 1.29 is 4.74 Å². The lowest BCUT2D eigenvalue weighted by molar-refractivity contribution is 0.207. The van der Waals surface area contributed by atoms with Gasteiger partial charge in [0.2, 0.25) is 0 Å². The highest BCUT2D eigenvalue weighted by Gasteiger charge is 2.23. The number of ether oxygens (including phenoxy) is 1. The number of rotatable bonds is 6. The zero-order valence-corrected chi connectivity index (χ0v) is 14.1. The highest BCUT2D eigenvalue weighted by Crippen LogP contribution is 2.30. The van der Waals surface area contributed by atoms with E-state index < -0.39 is 0 Å². The van der Waals surface area contributed by atoms with Crippen molar-refractivity contribution in [2.75, 3.05) is 6.61 Å². The van der Waals surface area contributed by atoms with Crippen molar-refractivity contribution >= 4 is 0 Å². The summed E-state index contributed by atoms with van der Waals surface area (Å²) < 4.78 is 5.86. The van der Waals surface area contributed by atoms with Crippen LogP contribution in [-0.4, -0.2) is 18.7 Å². The maximum absolute atomic E-state index is 5.86. The molecular formula is C19H31NO. The number of aryl methyl sites for hydroxylation is 1. The quantitative estimate of drug-likeness (QED) is 0.828. The molecule has 1 aromatic carbocycles. The van der Waals surface area contributed by atoms with E-state index in [1.54, 1.807) is 0 Å². The standard InChI is InChI=1S/C19H31NO/c1-14(2)17-7-9-18(10-8-17)20-16(4)13-21-19-11-5-15(3)6-12-19/h5-6,11-12,14,16-18,20H,7-10,13H2,1-4H3. The van der Waals surface area contributed by atoms with Gasteiger partial charge in [0.25, 0.3) is 0 Å². The van der Waals surface area contributed by atoms with Crippen LogP contribution in [0.25, 0.3) is 0 Å². The molecule has 118 valence electrons. The molecule has 0 bridgehead atoms. The van der Waals surface area contributed by atoms with Crippen LogP contribution in [0, 0.1) is 18.8 Å². The van der Waals surface area contributed by atoms with Crippen LogP contribution in [0.2, 0.25) is 0 Å². The van der Waals surface area contributed by atoms with Gasteiger partial charge in [-0.3, -0.25) is 0 Å². The second-order valence-corrected chi connectivity index (χ2v) is 7.05. The molecule has 0 aliphatic heterocycles. The molecule has 2 nitrogen and oxygen atoms in total. The van der Waals surface area contributed by atoms with E-state index in [4.69, 9.17) is 4.74 Å². The van der Waals surface area contributed by atoms with E-state index >= 15 is 0 Å². The van der Waals surface area contributed by atoms with Crippen LogP contribution in [0.3, 0.4) is 0 Å². The van der Waals surface area contributed by atoms with Gasteiger partial charge >= 0.3 is 0 Å². The molecule has 1 aromatic rings. The largest absolute Gasteiger partial charge is 0.492 e. The Kier molecular flexibility index (Phi) is 6.10. The first-order valence-electron chi connectivity index (χ1n) is 8.50. The summed E-state index contributed by atoms with van der Waals surface area (Å²) in [6.07, 6.45) is 5.39. The van der Waals surface area contributed by atoms with Crippen LogP contribution in [0.4, 0.5) is 0 Å². The zero-order chi connectivity index (χ0) is 15.2. The number of benzene rings is 1. The summed E-state index contributed by atoms with van der Waals surface area (Å²) in [6.45, 7) is 9.78. The molecule has 0 heterocycles. The summed E-state index contributed by atoms with van der Waals surface area (Å²) in [7, 11) is 0. The molecule has 0 radical (unpaired) electrons. The molecule has 1 saturated carbocycles. The average molecular weight is 289 g/mol. The van der Waals surface area contributed by atoms with Gasteiger partial charge < -0.3 is 10.1 Å².